The molecule has 0 nitrogen and oxygen atoms in total. The predicted molar refractivity (Wildman–Crippen MR) is 76.1 cm³/mol. The van der Waals surface area contributed by atoms with Gasteiger partial charge >= 0.3 is 0 Å². The van der Waals surface area contributed by atoms with Gasteiger partial charge in [0.2, 0.25) is 0 Å². The van der Waals surface area contributed by atoms with Crippen molar-refractivity contribution in [2.75, 3.05) is 0 Å². The van der Waals surface area contributed by atoms with Gasteiger partial charge in [0, 0.05) is 4.88 Å². The standard InChI is InChI=1S/C16H22S/c1-3-12-6-7-16(2)11-13(10-14(16)9-12)15-5-4-8-17-15/h4-5,8,10,12,14H,3,6-7,9,11H2,1-2H3. The quantitative estimate of drug-likeness (QED) is 0.658. The van der Waals surface area contributed by atoms with Crippen LogP contribution in [0.2, 0.25) is 0 Å². The number of hydrogen-bond acceptors (Lipinski definition) is 1. The van der Waals surface area contributed by atoms with Crippen molar-refractivity contribution in [3.8, 4) is 0 Å². The number of thiophene rings is 1. The van der Waals surface area contributed by atoms with Crippen LogP contribution in [-0.4, -0.2) is 0 Å². The lowest BCUT2D eigenvalue weighted by atomic mass is 9.65. The summed E-state index contributed by atoms with van der Waals surface area (Å²) in [5, 5.41) is 2.20. The van der Waals surface area contributed by atoms with Gasteiger partial charge in [-0.15, -0.1) is 11.3 Å². The maximum atomic E-state index is 2.60. The molecule has 0 aromatic carbocycles. The van der Waals surface area contributed by atoms with Crippen molar-refractivity contribution in [3.63, 3.8) is 0 Å². The van der Waals surface area contributed by atoms with Crippen LogP contribution in [0.5, 0.6) is 0 Å². The number of hydrogen-bond donors (Lipinski definition) is 0. The number of rotatable bonds is 2. The van der Waals surface area contributed by atoms with Crippen molar-refractivity contribution in [3.05, 3.63) is 28.5 Å². The lowest BCUT2D eigenvalue weighted by molar-refractivity contribution is 0.128. The Labute approximate surface area is 109 Å². The van der Waals surface area contributed by atoms with Gasteiger partial charge in [0.25, 0.3) is 0 Å². The average molecular weight is 246 g/mol. The Bertz CT molecular complexity index is 415. The fourth-order valence-corrected chi connectivity index (χ4v) is 4.46. The highest BCUT2D eigenvalue weighted by molar-refractivity contribution is 7.11. The molecule has 0 amide bonds. The van der Waals surface area contributed by atoms with Crippen LogP contribution in [-0.2, 0) is 0 Å². The van der Waals surface area contributed by atoms with E-state index >= 15 is 0 Å². The molecule has 1 heteroatoms. The van der Waals surface area contributed by atoms with Crippen LogP contribution in [0.15, 0.2) is 23.6 Å². The van der Waals surface area contributed by atoms with E-state index in [1.807, 2.05) is 11.3 Å². The van der Waals surface area contributed by atoms with Crippen LogP contribution in [0.3, 0.4) is 0 Å². The second-order valence-electron chi connectivity index (χ2n) is 6.16. The molecule has 0 N–H and O–H groups in total. The van der Waals surface area contributed by atoms with Crippen LogP contribution in [0.1, 0.15) is 50.8 Å². The first-order valence-electron chi connectivity index (χ1n) is 6.96. The van der Waals surface area contributed by atoms with Gasteiger partial charge in [0.05, 0.1) is 0 Å². The zero-order valence-corrected chi connectivity index (χ0v) is 11.7. The van der Waals surface area contributed by atoms with Crippen molar-refractivity contribution in [1.29, 1.82) is 0 Å². The average Bonchev–Trinajstić information content (AvgIpc) is 2.93. The molecule has 0 spiro atoms. The zero-order valence-electron chi connectivity index (χ0n) is 10.9. The minimum absolute atomic E-state index is 0.574. The fourth-order valence-electron chi connectivity index (χ4n) is 3.71. The minimum Gasteiger partial charge on any atom is -0.144 e. The van der Waals surface area contributed by atoms with E-state index in [1.54, 1.807) is 5.57 Å². The van der Waals surface area contributed by atoms with Crippen LogP contribution in [0.25, 0.3) is 5.57 Å². The Morgan fingerprint density at radius 3 is 3.06 bits per heavy atom. The van der Waals surface area contributed by atoms with Gasteiger partial charge in [-0.25, -0.2) is 0 Å². The largest absolute Gasteiger partial charge is 0.144 e. The first-order valence-corrected chi connectivity index (χ1v) is 7.84. The summed E-state index contributed by atoms with van der Waals surface area (Å²) in [5.74, 6) is 1.82. The van der Waals surface area contributed by atoms with E-state index in [0.29, 0.717) is 5.41 Å². The SMILES string of the molecule is CCC1CCC2(C)CC(c3cccs3)=CC2C1. The van der Waals surface area contributed by atoms with Gasteiger partial charge < -0.3 is 0 Å². The van der Waals surface area contributed by atoms with Gasteiger partial charge in [-0.3, -0.25) is 0 Å². The first kappa shape index (κ1) is 11.5. The zero-order chi connectivity index (χ0) is 11.9. The Balaban J connectivity index is 1.83. The van der Waals surface area contributed by atoms with Gasteiger partial charge in [-0.2, -0.15) is 0 Å². The topological polar surface area (TPSA) is 0 Å². The molecule has 1 fully saturated rings. The molecule has 0 radical (unpaired) electrons. The normalized spacial score (nSPS) is 36.7. The van der Waals surface area contributed by atoms with Crippen LogP contribution >= 0.6 is 11.3 Å². The third-order valence-electron chi connectivity index (χ3n) is 5.02. The van der Waals surface area contributed by atoms with Crippen LogP contribution in [0.4, 0.5) is 0 Å². The molecule has 1 aromatic heterocycles. The fraction of sp³-hybridized carbons (Fsp3) is 0.625. The summed E-state index contributed by atoms with van der Waals surface area (Å²) < 4.78 is 0. The van der Waals surface area contributed by atoms with Crippen LogP contribution < -0.4 is 0 Å². The van der Waals surface area contributed by atoms with Crippen LogP contribution in [0, 0.1) is 17.3 Å². The van der Waals surface area contributed by atoms with Gasteiger partial charge in [-0.05, 0) is 60.0 Å². The molecule has 92 valence electrons. The van der Waals surface area contributed by atoms with E-state index in [-0.39, 0.29) is 0 Å². The molecule has 3 rings (SSSR count). The van der Waals surface area contributed by atoms with Crippen molar-refractivity contribution in [2.45, 2.75) is 46.0 Å². The summed E-state index contributed by atoms with van der Waals surface area (Å²) in [5.41, 5.74) is 2.20. The molecule has 17 heavy (non-hydrogen) atoms. The highest BCUT2D eigenvalue weighted by atomic mass is 32.1. The summed E-state index contributed by atoms with van der Waals surface area (Å²) in [6, 6.07) is 4.47. The van der Waals surface area contributed by atoms with E-state index < -0.39 is 0 Å². The summed E-state index contributed by atoms with van der Waals surface area (Å²) in [6.07, 6.45) is 9.61. The van der Waals surface area contributed by atoms with Crippen molar-refractivity contribution >= 4 is 16.9 Å². The predicted octanol–water partition coefficient (Wildman–Crippen LogP) is 5.37. The molecular formula is C16H22S. The Kier molecular flexibility index (Phi) is 2.90. The lowest BCUT2D eigenvalue weighted by Gasteiger charge is -2.40. The molecule has 1 saturated carbocycles. The van der Waals surface area contributed by atoms with Gasteiger partial charge in [0.1, 0.15) is 0 Å². The molecule has 2 aliphatic rings. The Hall–Kier alpha value is -0.560. The summed E-state index contributed by atoms with van der Waals surface area (Å²) >= 11 is 1.90. The molecular weight excluding hydrogens is 224 g/mol. The third-order valence-corrected chi connectivity index (χ3v) is 5.96. The van der Waals surface area contributed by atoms with E-state index in [1.165, 1.54) is 37.0 Å². The molecule has 2 aliphatic carbocycles. The second kappa shape index (κ2) is 4.28. The summed E-state index contributed by atoms with van der Waals surface area (Å²) in [6.45, 7) is 4.87. The van der Waals surface area contributed by atoms with E-state index in [4.69, 9.17) is 0 Å². The third kappa shape index (κ3) is 1.99. The second-order valence-corrected chi connectivity index (χ2v) is 7.10. The minimum atomic E-state index is 0.574. The summed E-state index contributed by atoms with van der Waals surface area (Å²) in [7, 11) is 0. The maximum Gasteiger partial charge on any atom is 0.0299 e. The lowest BCUT2D eigenvalue weighted by Crippen LogP contribution is -2.30. The molecule has 1 aromatic rings. The van der Waals surface area contributed by atoms with Crippen molar-refractivity contribution in [2.24, 2.45) is 17.3 Å². The molecule has 0 saturated heterocycles. The van der Waals surface area contributed by atoms with Gasteiger partial charge in [-0.1, -0.05) is 32.4 Å². The summed E-state index contributed by atoms with van der Waals surface area (Å²) in [4.78, 5) is 1.51. The molecule has 0 aliphatic heterocycles. The van der Waals surface area contributed by atoms with Crippen molar-refractivity contribution < 1.29 is 0 Å². The van der Waals surface area contributed by atoms with E-state index in [0.717, 1.165) is 11.8 Å². The van der Waals surface area contributed by atoms with Gasteiger partial charge in [0.15, 0.2) is 0 Å². The smallest absolute Gasteiger partial charge is 0.0299 e. The van der Waals surface area contributed by atoms with Crippen molar-refractivity contribution in [1.82, 2.24) is 0 Å². The van der Waals surface area contributed by atoms with E-state index in [9.17, 15) is 0 Å². The Morgan fingerprint density at radius 1 is 1.47 bits per heavy atom. The highest BCUT2D eigenvalue weighted by Crippen LogP contribution is 2.55. The maximum absolute atomic E-state index is 2.60. The molecule has 3 atom stereocenters. The highest BCUT2D eigenvalue weighted by Gasteiger charge is 2.42. The molecule has 1 heterocycles. The first-order chi connectivity index (χ1) is 8.21. The molecule has 3 unspecified atom stereocenters. The van der Waals surface area contributed by atoms with E-state index in [2.05, 4.69) is 37.4 Å². The molecule has 0 bridgehead atoms. The monoisotopic (exact) mass is 246 g/mol. The number of fused-ring (bicyclic) bond motifs is 1. The number of allylic oxidation sites excluding steroid dienone is 2. The Morgan fingerprint density at radius 2 is 2.35 bits per heavy atom.